The molecule has 1 fully saturated rings. The van der Waals surface area contributed by atoms with Gasteiger partial charge in [-0.3, -0.25) is 4.79 Å². The number of rotatable bonds is 4. The molecule has 1 amide bonds. The van der Waals surface area contributed by atoms with E-state index in [9.17, 15) is 9.18 Å². The molecule has 1 N–H and O–H groups in total. The summed E-state index contributed by atoms with van der Waals surface area (Å²) < 4.78 is 12.7. The van der Waals surface area contributed by atoms with Crippen LogP contribution in [-0.4, -0.2) is 39.4 Å². The largest absolute Gasteiger partial charge is 0.341 e. The third-order valence-electron chi connectivity index (χ3n) is 4.27. The number of carbonyl (C=O) groups is 1. The zero-order valence-electron chi connectivity index (χ0n) is 15.5. The Labute approximate surface area is 164 Å². The minimum absolute atomic E-state index is 0. The van der Waals surface area contributed by atoms with Crippen LogP contribution in [0, 0.1) is 12.7 Å². The molecule has 3 aromatic rings. The van der Waals surface area contributed by atoms with E-state index >= 15 is 0 Å². The van der Waals surface area contributed by atoms with Gasteiger partial charge in [-0.05, 0) is 43.5 Å². The van der Waals surface area contributed by atoms with Crippen molar-refractivity contribution >= 4 is 18.0 Å². The topological polar surface area (TPSA) is 83.9 Å². The summed E-state index contributed by atoms with van der Waals surface area (Å²) in [6, 6.07) is 7.21. The first-order chi connectivity index (χ1) is 13.7. The molecule has 0 aliphatic carbocycles. The van der Waals surface area contributed by atoms with Crippen LogP contribution in [0.3, 0.4) is 0 Å². The van der Waals surface area contributed by atoms with E-state index in [0.29, 0.717) is 17.9 Å². The van der Waals surface area contributed by atoms with Crippen LogP contribution in [0.5, 0.6) is 0 Å². The molecule has 1 aromatic carbocycles. The van der Waals surface area contributed by atoms with Crippen LogP contribution in [0.2, 0.25) is 0 Å². The summed E-state index contributed by atoms with van der Waals surface area (Å²) in [4.78, 5) is 28.7. The van der Waals surface area contributed by atoms with Gasteiger partial charge in [-0.1, -0.05) is 6.07 Å². The predicted molar refractivity (Wildman–Crippen MR) is 107 cm³/mol. The van der Waals surface area contributed by atoms with Crippen LogP contribution in [0.15, 0.2) is 49.1 Å². The Hall–Kier alpha value is -3.42. The lowest BCUT2D eigenvalue weighted by Gasteiger charge is -2.13. The molecule has 1 saturated heterocycles. The van der Waals surface area contributed by atoms with Crippen LogP contribution in [0.25, 0.3) is 11.4 Å². The van der Waals surface area contributed by atoms with Gasteiger partial charge in [0, 0.05) is 38.2 Å². The smallest absolute Gasteiger partial charge is 0.225 e. The fourth-order valence-corrected chi connectivity index (χ4v) is 2.84. The Balaban J connectivity index is 0.000000217. The summed E-state index contributed by atoms with van der Waals surface area (Å²) >= 11 is 0. The average molecular weight is 382 g/mol. The van der Waals surface area contributed by atoms with Gasteiger partial charge in [0.05, 0.1) is 12.4 Å². The molecule has 3 heterocycles. The molecule has 0 radical (unpaired) electrons. The molecule has 0 saturated carbocycles. The second-order valence-electron chi connectivity index (χ2n) is 6.26. The fourth-order valence-electron chi connectivity index (χ4n) is 2.84. The second kappa shape index (κ2) is 9.50. The lowest BCUT2D eigenvalue weighted by atomic mass is 10.1. The Morgan fingerprint density at radius 2 is 1.79 bits per heavy atom. The maximum atomic E-state index is 12.7. The molecule has 0 atom stereocenters. The fraction of sp³-hybridized carbons (Fsp3) is 0.250. The van der Waals surface area contributed by atoms with Gasteiger partial charge in [0.1, 0.15) is 0 Å². The Morgan fingerprint density at radius 1 is 1.11 bits per heavy atom. The van der Waals surface area contributed by atoms with E-state index in [4.69, 9.17) is 0 Å². The number of amides is 1. The number of halogens is 1. The zero-order chi connectivity index (χ0) is 19.8. The lowest BCUT2D eigenvalue weighted by molar-refractivity contribution is -0.105. The predicted octanol–water partition coefficient (Wildman–Crippen LogP) is 3.48. The molecule has 1 aliphatic rings. The lowest BCUT2D eigenvalue weighted by Crippen LogP contribution is -2.19. The number of aryl methyl sites for hydroxylation is 1. The molecule has 0 unspecified atom stereocenters. The summed E-state index contributed by atoms with van der Waals surface area (Å²) in [6.45, 7) is 4.13. The van der Waals surface area contributed by atoms with E-state index in [0.717, 1.165) is 42.6 Å². The van der Waals surface area contributed by atoms with Gasteiger partial charge in [0.15, 0.2) is 11.6 Å². The molecule has 146 valence electrons. The van der Waals surface area contributed by atoms with Crippen molar-refractivity contribution in [2.75, 3.05) is 23.3 Å². The summed E-state index contributed by atoms with van der Waals surface area (Å²) in [5.41, 5.74) is 2.36. The van der Waals surface area contributed by atoms with Crippen molar-refractivity contribution in [3.8, 4) is 11.4 Å². The highest BCUT2D eigenvalue weighted by Crippen LogP contribution is 2.23. The monoisotopic (exact) mass is 382 g/mol. The maximum absolute atomic E-state index is 12.7. The Kier molecular flexibility index (Phi) is 6.56. The van der Waals surface area contributed by atoms with Crippen molar-refractivity contribution in [1.29, 1.82) is 0 Å². The molecule has 1 aliphatic heterocycles. The van der Waals surface area contributed by atoms with Gasteiger partial charge < -0.3 is 10.2 Å². The minimum atomic E-state index is -0.478. The molecule has 28 heavy (non-hydrogen) atoms. The van der Waals surface area contributed by atoms with E-state index in [1.807, 2.05) is 19.1 Å². The van der Waals surface area contributed by atoms with E-state index in [-0.39, 0.29) is 1.43 Å². The van der Waals surface area contributed by atoms with Crippen molar-refractivity contribution in [3.63, 3.8) is 0 Å². The average Bonchev–Trinajstić information content (AvgIpc) is 3.27. The first-order valence-electron chi connectivity index (χ1n) is 8.98. The van der Waals surface area contributed by atoms with Gasteiger partial charge in [-0.2, -0.15) is 0 Å². The number of hydrogen-bond acceptors (Lipinski definition) is 6. The Bertz CT molecular complexity index is 905. The van der Waals surface area contributed by atoms with Gasteiger partial charge in [-0.15, -0.1) is 0 Å². The molecule has 0 bridgehead atoms. The third kappa shape index (κ3) is 5.06. The minimum Gasteiger partial charge on any atom is -0.341 e. The van der Waals surface area contributed by atoms with Crippen LogP contribution >= 0.6 is 0 Å². The van der Waals surface area contributed by atoms with Gasteiger partial charge in [-0.25, -0.2) is 24.3 Å². The van der Waals surface area contributed by atoms with E-state index in [1.165, 1.54) is 12.8 Å². The Morgan fingerprint density at radius 3 is 2.43 bits per heavy atom. The number of hydrogen-bond donors (Lipinski definition) is 1. The molecular formula is C20H23FN6O. The zero-order valence-corrected chi connectivity index (χ0v) is 15.5. The first-order valence-corrected chi connectivity index (χ1v) is 8.98. The van der Waals surface area contributed by atoms with E-state index < -0.39 is 5.82 Å². The van der Waals surface area contributed by atoms with Crippen molar-refractivity contribution in [2.45, 2.75) is 19.8 Å². The maximum Gasteiger partial charge on any atom is 0.225 e. The molecule has 4 rings (SSSR count). The molecular weight excluding hydrogens is 359 g/mol. The van der Waals surface area contributed by atoms with Crippen LogP contribution in [0.1, 0.15) is 19.8 Å². The SMILES string of the molecule is Cc1ccc(NC=O)cc1-c1ncc(F)cn1.[HH].c1cnc(N2CCCC2)nc1. The quantitative estimate of drug-likeness (QED) is 0.696. The third-order valence-corrected chi connectivity index (χ3v) is 4.27. The standard InChI is InChI=1S/C12H10FN3O.C8H11N3.H2/c1-8-2-3-10(16-7-17)4-11(8)12-14-5-9(13)6-15-12;1-2-7-11(6-1)8-9-4-3-5-10-8;/h2-7H,1H3,(H,16,17);3-5H,1-2,6-7H2;1H. The summed E-state index contributed by atoms with van der Waals surface area (Å²) in [5.74, 6) is 0.831. The van der Waals surface area contributed by atoms with Crippen molar-refractivity contribution in [2.24, 2.45) is 0 Å². The number of benzene rings is 1. The van der Waals surface area contributed by atoms with E-state index in [1.54, 1.807) is 24.5 Å². The number of nitrogens with one attached hydrogen (secondary N) is 1. The van der Waals surface area contributed by atoms with Crippen molar-refractivity contribution in [1.82, 2.24) is 19.9 Å². The van der Waals surface area contributed by atoms with Gasteiger partial charge in [0.25, 0.3) is 0 Å². The summed E-state index contributed by atoms with van der Waals surface area (Å²) in [7, 11) is 0. The van der Waals surface area contributed by atoms with E-state index in [2.05, 4.69) is 30.2 Å². The summed E-state index contributed by atoms with van der Waals surface area (Å²) in [5, 5.41) is 2.55. The molecule has 8 heteroatoms. The highest BCUT2D eigenvalue weighted by atomic mass is 19.1. The van der Waals surface area contributed by atoms with Gasteiger partial charge >= 0.3 is 0 Å². The molecule has 0 spiro atoms. The highest BCUT2D eigenvalue weighted by molar-refractivity contribution is 5.75. The number of aromatic nitrogens is 4. The molecule has 2 aromatic heterocycles. The highest BCUT2D eigenvalue weighted by Gasteiger charge is 2.13. The number of anilines is 2. The van der Waals surface area contributed by atoms with Crippen molar-refractivity contribution in [3.05, 3.63) is 60.4 Å². The number of nitrogens with zero attached hydrogens (tertiary/aromatic N) is 5. The van der Waals surface area contributed by atoms with Crippen LogP contribution < -0.4 is 10.2 Å². The first kappa shape index (κ1) is 19.3. The second-order valence-corrected chi connectivity index (χ2v) is 6.26. The normalized spacial score (nSPS) is 12.9. The number of carbonyl (C=O) groups excluding carboxylic acids is 1. The molecule has 7 nitrogen and oxygen atoms in total. The van der Waals surface area contributed by atoms with Gasteiger partial charge in [0.2, 0.25) is 12.4 Å². The summed E-state index contributed by atoms with van der Waals surface area (Å²) in [6.07, 6.45) is 8.96. The van der Waals surface area contributed by atoms with Crippen LogP contribution in [-0.2, 0) is 4.79 Å². The van der Waals surface area contributed by atoms with Crippen molar-refractivity contribution < 1.29 is 10.6 Å². The van der Waals surface area contributed by atoms with Crippen LogP contribution in [0.4, 0.5) is 16.0 Å².